The van der Waals surface area contributed by atoms with Crippen LogP contribution in [0, 0.1) is 6.92 Å². The lowest BCUT2D eigenvalue weighted by molar-refractivity contribution is 0.600. The lowest BCUT2D eigenvalue weighted by atomic mass is 10.2. The molecule has 0 spiro atoms. The number of hydrogen-bond donors (Lipinski definition) is 0. The molecule has 10 heavy (non-hydrogen) atoms. The Kier molecular flexibility index (Phi) is 2.53. The molecule has 0 N–H and O–H groups in total. The van der Waals surface area contributed by atoms with Gasteiger partial charge in [-0.05, 0) is 12.5 Å². The second-order valence-electron chi connectivity index (χ2n) is 2.09. The van der Waals surface area contributed by atoms with E-state index in [1.165, 1.54) is 0 Å². The minimum absolute atomic E-state index is 0.772. The minimum atomic E-state index is -2.02. The molecule has 1 rings (SSSR count). The highest BCUT2D eigenvalue weighted by Gasteiger charge is 1.99. The largest absolute Gasteiger partial charge is 0.305 e. The molecule has 0 saturated carbocycles. The van der Waals surface area contributed by atoms with Crippen molar-refractivity contribution in [3.63, 3.8) is 0 Å². The summed E-state index contributed by atoms with van der Waals surface area (Å²) in [6.45, 7) is 1.90. The van der Waals surface area contributed by atoms with Crippen LogP contribution in [0.3, 0.4) is 0 Å². The van der Waals surface area contributed by atoms with Gasteiger partial charge in [-0.15, -0.1) is 0 Å². The molecule has 1 aromatic carbocycles. The monoisotopic (exact) mass is 174 g/mol. The summed E-state index contributed by atoms with van der Waals surface area (Å²) >= 11 is 5.45. The van der Waals surface area contributed by atoms with Crippen molar-refractivity contribution >= 4 is 23.7 Å². The molecule has 1 nitrogen and oxygen atoms in total. The van der Waals surface area contributed by atoms with Crippen LogP contribution >= 0.6 is 18.4 Å². The van der Waals surface area contributed by atoms with Crippen molar-refractivity contribution in [2.45, 2.75) is 6.92 Å². The Morgan fingerprint density at radius 1 is 1.40 bits per heavy atom. The van der Waals surface area contributed by atoms with Gasteiger partial charge in [-0.2, -0.15) is 0 Å². The van der Waals surface area contributed by atoms with Crippen LogP contribution in [0.15, 0.2) is 24.3 Å². The van der Waals surface area contributed by atoms with Crippen LogP contribution in [-0.2, 0) is 4.57 Å². The van der Waals surface area contributed by atoms with Crippen LogP contribution in [0.25, 0.3) is 0 Å². The van der Waals surface area contributed by atoms with Gasteiger partial charge in [0.25, 0.3) is 0 Å². The average Bonchev–Trinajstić information content (AvgIpc) is 1.88. The van der Waals surface area contributed by atoms with Gasteiger partial charge in [0, 0.05) is 5.30 Å². The molecule has 0 amide bonds. The highest BCUT2D eigenvalue weighted by Crippen LogP contribution is 2.26. The van der Waals surface area contributed by atoms with E-state index in [1.807, 2.05) is 25.1 Å². The van der Waals surface area contributed by atoms with Crippen molar-refractivity contribution in [1.82, 2.24) is 0 Å². The lowest BCUT2D eigenvalue weighted by Gasteiger charge is -1.97. The van der Waals surface area contributed by atoms with E-state index in [-0.39, 0.29) is 0 Å². The summed E-state index contributed by atoms with van der Waals surface area (Å²) in [5.74, 6) is 0. The fourth-order valence-electron chi connectivity index (χ4n) is 0.793. The number of halogens is 1. The first kappa shape index (κ1) is 7.84. The van der Waals surface area contributed by atoms with Crippen LogP contribution in [0.2, 0.25) is 0 Å². The zero-order valence-electron chi connectivity index (χ0n) is 5.60. The minimum Gasteiger partial charge on any atom is -0.305 e. The highest BCUT2D eigenvalue weighted by atomic mass is 35.7. The standard InChI is InChI=1S/C7H8ClOP/c1-6-4-2-3-5-7(6)10(8)9/h2-5,10H,1H3. The molecule has 3 heteroatoms. The van der Waals surface area contributed by atoms with E-state index < -0.39 is 7.15 Å². The van der Waals surface area contributed by atoms with Gasteiger partial charge in [-0.25, -0.2) is 0 Å². The molecule has 0 bridgehead atoms. The molecule has 1 unspecified atom stereocenters. The fourth-order valence-corrected chi connectivity index (χ4v) is 2.05. The Morgan fingerprint density at radius 3 is 2.40 bits per heavy atom. The Labute approximate surface area is 65.6 Å². The molecule has 54 valence electrons. The van der Waals surface area contributed by atoms with Gasteiger partial charge in [-0.3, -0.25) is 0 Å². The van der Waals surface area contributed by atoms with E-state index in [4.69, 9.17) is 11.2 Å². The number of benzene rings is 1. The van der Waals surface area contributed by atoms with Crippen LogP contribution in [0.1, 0.15) is 5.56 Å². The quantitative estimate of drug-likeness (QED) is 0.598. The third-order valence-corrected chi connectivity index (χ3v) is 2.95. The van der Waals surface area contributed by atoms with Gasteiger partial charge in [0.2, 0.25) is 0 Å². The first-order valence-electron chi connectivity index (χ1n) is 2.97. The second-order valence-corrected chi connectivity index (χ2v) is 4.20. The second kappa shape index (κ2) is 3.23. The third kappa shape index (κ3) is 1.62. The van der Waals surface area contributed by atoms with Gasteiger partial charge < -0.3 is 4.57 Å². The maximum Gasteiger partial charge on any atom is 0.186 e. The number of aryl methyl sites for hydroxylation is 1. The summed E-state index contributed by atoms with van der Waals surface area (Å²) in [5, 5.41) is 0.772. The summed E-state index contributed by atoms with van der Waals surface area (Å²) in [4.78, 5) is 0. The van der Waals surface area contributed by atoms with Crippen molar-refractivity contribution in [3.05, 3.63) is 29.8 Å². The van der Waals surface area contributed by atoms with Crippen molar-refractivity contribution in [3.8, 4) is 0 Å². The van der Waals surface area contributed by atoms with Gasteiger partial charge in [-0.1, -0.05) is 35.5 Å². The molecule has 0 heterocycles. The van der Waals surface area contributed by atoms with E-state index in [9.17, 15) is 4.57 Å². The van der Waals surface area contributed by atoms with E-state index in [2.05, 4.69) is 0 Å². The summed E-state index contributed by atoms with van der Waals surface area (Å²) in [6.07, 6.45) is 0. The van der Waals surface area contributed by atoms with E-state index >= 15 is 0 Å². The molecular formula is C7H8ClOP. The highest BCUT2D eigenvalue weighted by molar-refractivity contribution is 7.80. The van der Waals surface area contributed by atoms with Crippen molar-refractivity contribution in [2.24, 2.45) is 0 Å². The smallest absolute Gasteiger partial charge is 0.186 e. The predicted octanol–water partition coefficient (Wildman–Crippen LogP) is 2.33. The predicted molar refractivity (Wildman–Crippen MR) is 45.7 cm³/mol. The van der Waals surface area contributed by atoms with Gasteiger partial charge >= 0.3 is 0 Å². The first-order chi connectivity index (χ1) is 4.72. The van der Waals surface area contributed by atoms with Crippen LogP contribution in [-0.4, -0.2) is 0 Å². The van der Waals surface area contributed by atoms with Crippen molar-refractivity contribution in [2.75, 3.05) is 0 Å². The van der Waals surface area contributed by atoms with Gasteiger partial charge in [0.15, 0.2) is 7.15 Å². The summed E-state index contributed by atoms with van der Waals surface area (Å²) in [5.41, 5.74) is 1.00. The Balaban J connectivity index is 3.15. The Hall–Kier alpha value is -0.260. The molecule has 0 saturated heterocycles. The van der Waals surface area contributed by atoms with Crippen LogP contribution in [0.4, 0.5) is 0 Å². The molecule has 0 aromatic heterocycles. The molecule has 1 aromatic rings. The fraction of sp³-hybridized carbons (Fsp3) is 0.143. The summed E-state index contributed by atoms with van der Waals surface area (Å²) in [7, 11) is -2.02. The molecule has 0 aliphatic carbocycles. The number of rotatable bonds is 1. The molecule has 0 radical (unpaired) electrons. The Morgan fingerprint density at radius 2 is 2.00 bits per heavy atom. The summed E-state index contributed by atoms with van der Waals surface area (Å²) in [6, 6.07) is 7.44. The first-order valence-corrected chi connectivity index (χ1v) is 5.39. The molecule has 0 aliphatic heterocycles. The maximum atomic E-state index is 10.8. The normalized spacial score (nSPS) is 13.0. The van der Waals surface area contributed by atoms with E-state index in [0.29, 0.717) is 0 Å². The maximum absolute atomic E-state index is 10.8. The van der Waals surface area contributed by atoms with E-state index in [0.717, 1.165) is 10.9 Å². The van der Waals surface area contributed by atoms with Crippen LogP contribution in [0.5, 0.6) is 0 Å². The van der Waals surface area contributed by atoms with Crippen LogP contribution < -0.4 is 5.30 Å². The topological polar surface area (TPSA) is 17.1 Å². The van der Waals surface area contributed by atoms with Crippen molar-refractivity contribution in [1.29, 1.82) is 0 Å². The van der Waals surface area contributed by atoms with E-state index in [1.54, 1.807) is 6.07 Å². The Bertz CT molecular complexity index is 260. The zero-order valence-corrected chi connectivity index (χ0v) is 7.35. The molecule has 0 fully saturated rings. The molecule has 1 atom stereocenters. The number of hydrogen-bond acceptors (Lipinski definition) is 1. The SMILES string of the molecule is Cc1ccccc1[PH](=O)Cl. The zero-order chi connectivity index (χ0) is 7.56. The molecular weight excluding hydrogens is 167 g/mol. The lowest BCUT2D eigenvalue weighted by Crippen LogP contribution is -1.97. The average molecular weight is 175 g/mol. The summed E-state index contributed by atoms with van der Waals surface area (Å²) < 4.78 is 10.8. The third-order valence-electron chi connectivity index (χ3n) is 1.36. The molecule has 0 aliphatic rings. The van der Waals surface area contributed by atoms with Crippen molar-refractivity contribution < 1.29 is 4.57 Å². The van der Waals surface area contributed by atoms with Gasteiger partial charge in [0.1, 0.15) is 0 Å². The van der Waals surface area contributed by atoms with Gasteiger partial charge in [0.05, 0.1) is 0 Å².